The monoisotopic (exact) mass is 715 g/mol. The van der Waals surface area contributed by atoms with Gasteiger partial charge in [-0.25, -0.2) is 20.6 Å². The molecule has 0 radical (unpaired) electrons. The second-order valence-electron chi connectivity index (χ2n) is 11.5. The van der Waals surface area contributed by atoms with Crippen molar-refractivity contribution in [3.63, 3.8) is 0 Å². The lowest BCUT2D eigenvalue weighted by molar-refractivity contribution is -0.150. The molecule has 8 N–H and O–H groups in total. The van der Waals surface area contributed by atoms with E-state index in [-0.39, 0.29) is 50.0 Å². The minimum atomic E-state index is -1.58. The number of nitrogens with two attached hydrogens (primary N) is 2. The summed E-state index contributed by atoms with van der Waals surface area (Å²) >= 11 is 8.15. The first kappa shape index (κ1) is 33.3. The van der Waals surface area contributed by atoms with E-state index >= 15 is 0 Å². The molecule has 252 valence electrons. The van der Waals surface area contributed by atoms with Gasteiger partial charge in [0.1, 0.15) is 28.9 Å². The van der Waals surface area contributed by atoms with E-state index < -0.39 is 46.8 Å². The van der Waals surface area contributed by atoms with Crippen molar-refractivity contribution < 1.29 is 34.2 Å². The number of aryl methyl sites for hydroxylation is 1. The molecule has 1 saturated heterocycles. The largest absolute Gasteiger partial charge is 0.477 e. The SMILES string of the molecule is CC(O)c1nc2nc3c(c(C(=S)C4=C(C(=O)O)N5C(=O)C(NC(=O)C(=NOC(C)(C)C(=O)NN)c6csc(N)n6)[C@@H]5SC4)n2n1)CCC3. The number of nitrogens with one attached hydrogen (secondary N) is 2. The molecular weight excluding hydrogens is 687 g/mol. The Bertz CT molecular complexity index is 1970. The van der Waals surface area contributed by atoms with E-state index in [4.69, 9.17) is 28.6 Å². The van der Waals surface area contributed by atoms with Gasteiger partial charge in [-0.05, 0) is 40.0 Å². The number of thiocarbonyl (C=S) groups is 1. The van der Waals surface area contributed by atoms with Gasteiger partial charge in [-0.1, -0.05) is 17.4 Å². The molecule has 2 unspecified atom stereocenters. The number of rotatable bonds is 10. The molecule has 6 rings (SSSR count). The van der Waals surface area contributed by atoms with Crippen molar-refractivity contribution >= 4 is 80.5 Å². The number of fused-ring (bicyclic) bond motifs is 3. The minimum Gasteiger partial charge on any atom is -0.477 e. The zero-order valence-corrected chi connectivity index (χ0v) is 28.0. The molecule has 0 saturated carbocycles. The first-order chi connectivity index (χ1) is 22.7. The summed E-state index contributed by atoms with van der Waals surface area (Å²) < 4.78 is 1.42. The summed E-state index contributed by atoms with van der Waals surface area (Å²) in [6, 6.07) is -1.14. The van der Waals surface area contributed by atoms with Crippen molar-refractivity contribution in [1.82, 2.24) is 40.2 Å². The van der Waals surface area contributed by atoms with E-state index in [9.17, 15) is 29.4 Å². The number of carboxylic acids is 1. The number of aromatic nitrogens is 5. The number of aliphatic hydroxyl groups excluding tert-OH is 1. The molecule has 3 atom stereocenters. The number of hydrogen-bond acceptors (Lipinski definition) is 16. The van der Waals surface area contributed by atoms with Crippen molar-refractivity contribution in [1.29, 1.82) is 0 Å². The van der Waals surface area contributed by atoms with Gasteiger partial charge in [0.05, 0.1) is 10.6 Å². The maximum absolute atomic E-state index is 13.6. The van der Waals surface area contributed by atoms with Gasteiger partial charge in [-0.15, -0.1) is 28.2 Å². The number of thioether (sulfide) groups is 1. The molecule has 3 aromatic rings. The van der Waals surface area contributed by atoms with Crippen LogP contribution in [0.2, 0.25) is 0 Å². The van der Waals surface area contributed by atoms with Crippen LogP contribution >= 0.6 is 35.3 Å². The lowest BCUT2D eigenvalue weighted by Crippen LogP contribution is -2.71. The van der Waals surface area contributed by atoms with Crippen LogP contribution in [-0.4, -0.2) is 96.7 Å². The third kappa shape index (κ3) is 5.66. The molecule has 0 spiro atoms. The predicted octanol–water partition coefficient (Wildman–Crippen LogP) is -0.649. The van der Waals surface area contributed by atoms with Crippen LogP contribution in [0.3, 0.4) is 0 Å². The Morgan fingerprint density at radius 1 is 1.25 bits per heavy atom. The van der Waals surface area contributed by atoms with Gasteiger partial charge in [-0.3, -0.25) is 24.7 Å². The number of aliphatic hydroxyl groups is 1. The molecule has 48 heavy (non-hydrogen) atoms. The maximum atomic E-state index is 13.6. The Kier molecular flexibility index (Phi) is 8.66. The summed E-state index contributed by atoms with van der Waals surface area (Å²) in [7, 11) is 0. The smallest absolute Gasteiger partial charge is 0.353 e. The zero-order chi connectivity index (χ0) is 34.7. The average molecular weight is 716 g/mol. The summed E-state index contributed by atoms with van der Waals surface area (Å²) in [6.45, 7) is 4.26. The predicted molar refractivity (Wildman–Crippen MR) is 175 cm³/mol. The summed E-state index contributed by atoms with van der Waals surface area (Å²) in [5.41, 5.74) is 7.71. The first-order valence-corrected chi connectivity index (χ1v) is 16.8. The summed E-state index contributed by atoms with van der Waals surface area (Å²) in [4.78, 5) is 71.4. The minimum absolute atomic E-state index is 0.0284. The van der Waals surface area contributed by atoms with E-state index in [1.165, 1.54) is 42.4 Å². The number of hydrogen-bond donors (Lipinski definition) is 6. The van der Waals surface area contributed by atoms with Gasteiger partial charge >= 0.3 is 5.97 Å². The number of thiazole rings is 1. The quantitative estimate of drug-likeness (QED) is 0.0290. The van der Waals surface area contributed by atoms with Crippen LogP contribution in [-0.2, 0) is 36.9 Å². The Morgan fingerprint density at radius 2 is 2.00 bits per heavy atom. The molecule has 21 heteroatoms. The number of carboxylic acid groups (broad SMARTS) is 1. The Labute approximate surface area is 285 Å². The zero-order valence-electron chi connectivity index (χ0n) is 25.6. The lowest BCUT2D eigenvalue weighted by atomic mass is 9.98. The van der Waals surface area contributed by atoms with Gasteiger partial charge in [0.15, 0.2) is 16.7 Å². The Hall–Kier alpha value is -4.57. The van der Waals surface area contributed by atoms with Crippen molar-refractivity contribution in [3.05, 3.63) is 45.1 Å². The van der Waals surface area contributed by atoms with E-state index in [0.29, 0.717) is 18.5 Å². The highest BCUT2D eigenvalue weighted by Gasteiger charge is 2.55. The van der Waals surface area contributed by atoms with E-state index in [2.05, 4.69) is 30.5 Å². The number of carbonyl (C=O) groups is 4. The van der Waals surface area contributed by atoms with Crippen molar-refractivity contribution in [2.45, 2.75) is 63.2 Å². The van der Waals surface area contributed by atoms with Crippen molar-refractivity contribution in [2.75, 3.05) is 11.5 Å². The van der Waals surface area contributed by atoms with Gasteiger partial charge in [0.25, 0.3) is 23.5 Å². The van der Waals surface area contributed by atoms with Crippen LogP contribution in [0.1, 0.15) is 61.8 Å². The van der Waals surface area contributed by atoms with E-state index in [1.54, 1.807) is 0 Å². The van der Waals surface area contributed by atoms with E-state index in [1.807, 2.05) is 5.43 Å². The normalized spacial score (nSPS) is 19.8. The van der Waals surface area contributed by atoms with Gasteiger partial charge in [0, 0.05) is 28.0 Å². The number of amides is 3. The molecule has 5 heterocycles. The molecule has 0 aromatic carbocycles. The molecule has 3 aliphatic rings. The third-order valence-electron chi connectivity index (χ3n) is 7.87. The summed E-state index contributed by atoms with van der Waals surface area (Å²) in [5, 5.41) is 32.1. The second kappa shape index (κ2) is 12.5. The molecule has 0 bridgehead atoms. The highest BCUT2D eigenvalue weighted by Crippen LogP contribution is 2.42. The van der Waals surface area contributed by atoms with Gasteiger partial charge in [-0.2, -0.15) is 9.50 Å². The standard InChI is InChI=1S/C27H29N11O7S3/c1-9(39)19-33-26-31-12-6-4-5-10(12)16(38(26)35-19)18(46)11-7-47-22-15(21(41)37(22)17(11)23(42)43)32-20(40)14(13-8-48-25(28)30-13)36-45-27(2,3)24(44)34-29/h8-9,15,22,39H,4-7,29H2,1-3H3,(H2,28,30)(H,32,40)(H,34,44)(H,42,43)/t9?,15?,22-/m0/s1. The van der Waals surface area contributed by atoms with Crippen LogP contribution in [0.5, 0.6) is 0 Å². The van der Waals surface area contributed by atoms with Crippen LogP contribution in [0.25, 0.3) is 5.78 Å². The molecule has 2 aliphatic heterocycles. The first-order valence-electron chi connectivity index (χ1n) is 14.4. The number of nitrogen functional groups attached to an aromatic ring is 1. The fourth-order valence-electron chi connectivity index (χ4n) is 5.43. The number of oxime groups is 1. The van der Waals surface area contributed by atoms with Crippen LogP contribution < -0.4 is 22.3 Å². The fraction of sp³-hybridized carbons (Fsp3) is 0.407. The molecule has 3 amide bonds. The highest BCUT2D eigenvalue weighted by molar-refractivity contribution is 8.00. The Balaban J connectivity index is 1.30. The number of β-lactam (4-membered cyclic amide) rings is 1. The molecule has 1 fully saturated rings. The molecule has 3 aromatic heterocycles. The number of carbonyl (C=O) groups excluding carboxylic acids is 3. The van der Waals surface area contributed by atoms with Crippen molar-refractivity contribution in [3.8, 4) is 0 Å². The van der Waals surface area contributed by atoms with Crippen LogP contribution in [0, 0.1) is 0 Å². The number of nitrogens with zero attached hydrogens (tertiary/aromatic N) is 7. The van der Waals surface area contributed by atoms with Crippen LogP contribution in [0.15, 0.2) is 21.8 Å². The number of aliphatic carboxylic acids is 1. The molecular formula is C27H29N11O7S3. The number of anilines is 1. The third-order valence-corrected chi connectivity index (χ3v) is 10.3. The van der Waals surface area contributed by atoms with Gasteiger partial charge < -0.3 is 26.1 Å². The molecule has 18 nitrogen and oxygen atoms in total. The summed E-state index contributed by atoms with van der Waals surface area (Å²) in [5.74, 6) is 1.99. The fourth-order valence-corrected chi connectivity index (χ4v) is 7.80. The van der Waals surface area contributed by atoms with Gasteiger partial charge in [0.2, 0.25) is 5.60 Å². The maximum Gasteiger partial charge on any atom is 0.353 e. The summed E-state index contributed by atoms with van der Waals surface area (Å²) in [6.07, 6.45) is 1.14. The topological polar surface area (TPSA) is 266 Å². The lowest BCUT2D eigenvalue weighted by Gasteiger charge is -2.49. The van der Waals surface area contributed by atoms with E-state index in [0.717, 1.165) is 33.9 Å². The second-order valence-corrected chi connectivity index (χ2v) is 13.9. The Morgan fingerprint density at radius 3 is 2.65 bits per heavy atom. The molecule has 1 aliphatic carbocycles. The highest BCUT2D eigenvalue weighted by atomic mass is 32.2. The van der Waals surface area contributed by atoms with Crippen molar-refractivity contribution in [2.24, 2.45) is 11.0 Å². The number of hydrazine groups is 1. The average Bonchev–Trinajstić information content (AvgIpc) is 3.80. The van der Waals surface area contributed by atoms with Crippen LogP contribution in [0.4, 0.5) is 5.13 Å².